The molecule has 0 spiro atoms. The number of anilines is 1. The highest BCUT2D eigenvalue weighted by molar-refractivity contribution is 7.90. The van der Waals surface area contributed by atoms with Crippen molar-refractivity contribution in [1.29, 1.82) is 0 Å². The van der Waals surface area contributed by atoms with Gasteiger partial charge in [-0.1, -0.05) is 6.07 Å². The maximum absolute atomic E-state index is 13.0. The third-order valence-electron chi connectivity index (χ3n) is 2.89. The van der Waals surface area contributed by atoms with Crippen molar-refractivity contribution >= 4 is 15.5 Å². The Morgan fingerprint density at radius 1 is 1.11 bits per heavy atom. The summed E-state index contributed by atoms with van der Waals surface area (Å²) in [5, 5.41) is 0. The monoisotopic (exact) mass is 279 g/mol. The number of benzene rings is 2. The Morgan fingerprint density at radius 3 is 2.32 bits per heavy atom. The summed E-state index contributed by atoms with van der Waals surface area (Å²) in [6.07, 6.45) is 0. The molecule has 5 heteroatoms. The first kappa shape index (κ1) is 13.5. The molecule has 0 bridgehead atoms. The SMILES string of the molecule is Cc1cc(F)ccc1CS(=O)(=O)c1ccc(N)cc1. The minimum atomic E-state index is -3.44. The molecule has 0 atom stereocenters. The van der Waals surface area contributed by atoms with Crippen molar-refractivity contribution in [2.45, 2.75) is 17.6 Å². The van der Waals surface area contributed by atoms with Crippen molar-refractivity contribution in [3.63, 3.8) is 0 Å². The van der Waals surface area contributed by atoms with E-state index in [0.29, 0.717) is 16.8 Å². The molecule has 0 aliphatic carbocycles. The third-order valence-corrected chi connectivity index (χ3v) is 4.57. The van der Waals surface area contributed by atoms with Crippen molar-refractivity contribution in [2.75, 3.05) is 5.73 Å². The zero-order chi connectivity index (χ0) is 14.0. The molecule has 0 fully saturated rings. The maximum atomic E-state index is 13.0. The van der Waals surface area contributed by atoms with E-state index in [2.05, 4.69) is 0 Å². The van der Waals surface area contributed by atoms with Gasteiger partial charge >= 0.3 is 0 Å². The summed E-state index contributed by atoms with van der Waals surface area (Å²) in [5.74, 6) is -0.519. The van der Waals surface area contributed by atoms with Gasteiger partial charge in [0.15, 0.2) is 9.84 Å². The van der Waals surface area contributed by atoms with Gasteiger partial charge in [-0.05, 0) is 54.4 Å². The van der Waals surface area contributed by atoms with Crippen LogP contribution in [0.5, 0.6) is 0 Å². The first-order valence-electron chi connectivity index (χ1n) is 5.72. The lowest BCUT2D eigenvalue weighted by Gasteiger charge is -2.08. The Kier molecular flexibility index (Phi) is 3.57. The van der Waals surface area contributed by atoms with Crippen LogP contribution in [0.2, 0.25) is 0 Å². The average Bonchev–Trinajstić information content (AvgIpc) is 2.33. The second-order valence-corrected chi connectivity index (χ2v) is 6.39. The largest absolute Gasteiger partial charge is 0.399 e. The molecule has 0 amide bonds. The third kappa shape index (κ3) is 3.12. The quantitative estimate of drug-likeness (QED) is 0.879. The van der Waals surface area contributed by atoms with Crippen molar-refractivity contribution in [3.05, 3.63) is 59.4 Å². The molecule has 3 nitrogen and oxygen atoms in total. The van der Waals surface area contributed by atoms with E-state index < -0.39 is 9.84 Å². The summed E-state index contributed by atoms with van der Waals surface area (Å²) in [7, 11) is -3.44. The second-order valence-electron chi connectivity index (χ2n) is 4.40. The molecule has 2 aromatic carbocycles. The number of sulfone groups is 1. The molecule has 2 aromatic rings. The molecule has 0 saturated carbocycles. The Bertz CT molecular complexity index is 694. The van der Waals surface area contributed by atoms with Crippen molar-refractivity contribution < 1.29 is 12.8 Å². The number of nitrogens with two attached hydrogens (primary N) is 1. The highest BCUT2D eigenvalue weighted by atomic mass is 32.2. The van der Waals surface area contributed by atoms with Crippen LogP contribution in [-0.2, 0) is 15.6 Å². The Morgan fingerprint density at radius 2 is 1.74 bits per heavy atom. The number of nitrogen functional groups attached to an aromatic ring is 1. The normalized spacial score (nSPS) is 11.5. The molecule has 2 N–H and O–H groups in total. The topological polar surface area (TPSA) is 60.2 Å². The van der Waals surface area contributed by atoms with Gasteiger partial charge in [0.1, 0.15) is 5.82 Å². The van der Waals surface area contributed by atoms with Crippen LogP contribution in [0.3, 0.4) is 0 Å². The van der Waals surface area contributed by atoms with Gasteiger partial charge in [0.25, 0.3) is 0 Å². The molecule has 19 heavy (non-hydrogen) atoms. The van der Waals surface area contributed by atoms with Gasteiger partial charge in [-0.3, -0.25) is 0 Å². The van der Waals surface area contributed by atoms with Crippen LogP contribution < -0.4 is 5.73 Å². The summed E-state index contributed by atoms with van der Waals surface area (Å²) in [5.41, 5.74) is 7.26. The minimum absolute atomic E-state index is 0.150. The van der Waals surface area contributed by atoms with Gasteiger partial charge in [0, 0.05) is 5.69 Å². The minimum Gasteiger partial charge on any atom is -0.399 e. The van der Waals surface area contributed by atoms with Gasteiger partial charge in [0.05, 0.1) is 10.6 Å². The lowest BCUT2D eigenvalue weighted by atomic mass is 10.1. The first-order valence-corrected chi connectivity index (χ1v) is 7.37. The smallest absolute Gasteiger partial charge is 0.182 e. The molecule has 0 aromatic heterocycles. The van der Waals surface area contributed by atoms with Crippen LogP contribution in [0.4, 0.5) is 10.1 Å². The molecule has 0 radical (unpaired) electrons. The van der Waals surface area contributed by atoms with E-state index in [1.54, 1.807) is 19.1 Å². The number of hydrogen-bond donors (Lipinski definition) is 1. The molecule has 0 aliphatic rings. The number of aryl methyl sites for hydroxylation is 1. The van der Waals surface area contributed by atoms with Crippen LogP contribution in [0.15, 0.2) is 47.4 Å². The molecule has 0 aliphatic heterocycles. The van der Waals surface area contributed by atoms with E-state index in [9.17, 15) is 12.8 Å². The van der Waals surface area contributed by atoms with E-state index in [0.717, 1.165) is 0 Å². The molecule has 0 saturated heterocycles. The number of halogens is 1. The Labute approximate surface area is 111 Å². The predicted octanol–water partition coefficient (Wildman–Crippen LogP) is 2.69. The van der Waals surface area contributed by atoms with E-state index in [1.165, 1.54) is 30.3 Å². The van der Waals surface area contributed by atoms with Crippen LogP contribution in [0.25, 0.3) is 0 Å². The Balaban J connectivity index is 2.33. The van der Waals surface area contributed by atoms with Crippen molar-refractivity contribution in [1.82, 2.24) is 0 Å². The van der Waals surface area contributed by atoms with Gasteiger partial charge in [-0.25, -0.2) is 12.8 Å². The van der Waals surface area contributed by atoms with Gasteiger partial charge < -0.3 is 5.73 Å². The molecule has 2 rings (SSSR count). The lowest BCUT2D eigenvalue weighted by molar-refractivity contribution is 0.594. The van der Waals surface area contributed by atoms with Crippen molar-refractivity contribution in [3.8, 4) is 0 Å². The van der Waals surface area contributed by atoms with Crippen LogP contribution in [0.1, 0.15) is 11.1 Å². The van der Waals surface area contributed by atoms with Gasteiger partial charge in [-0.15, -0.1) is 0 Å². The zero-order valence-electron chi connectivity index (χ0n) is 10.4. The summed E-state index contributed by atoms with van der Waals surface area (Å²) >= 11 is 0. The summed E-state index contributed by atoms with van der Waals surface area (Å²) in [6, 6.07) is 10.1. The highest BCUT2D eigenvalue weighted by Gasteiger charge is 2.16. The van der Waals surface area contributed by atoms with E-state index in [1.807, 2.05) is 0 Å². The zero-order valence-corrected chi connectivity index (χ0v) is 11.2. The van der Waals surface area contributed by atoms with E-state index in [-0.39, 0.29) is 16.5 Å². The standard InChI is InChI=1S/C14H14FNO2S/c1-10-8-12(15)3-2-11(10)9-19(17,18)14-6-4-13(16)5-7-14/h2-8H,9,16H2,1H3. The maximum Gasteiger partial charge on any atom is 0.182 e. The average molecular weight is 279 g/mol. The van der Waals surface area contributed by atoms with E-state index in [4.69, 9.17) is 5.73 Å². The fraction of sp³-hybridized carbons (Fsp3) is 0.143. The summed E-state index contributed by atoms with van der Waals surface area (Å²) < 4.78 is 37.4. The van der Waals surface area contributed by atoms with Gasteiger partial charge in [-0.2, -0.15) is 0 Å². The molecular formula is C14H14FNO2S. The van der Waals surface area contributed by atoms with Crippen LogP contribution in [0, 0.1) is 12.7 Å². The van der Waals surface area contributed by atoms with Crippen LogP contribution >= 0.6 is 0 Å². The predicted molar refractivity (Wildman–Crippen MR) is 72.9 cm³/mol. The fourth-order valence-corrected chi connectivity index (χ4v) is 3.24. The lowest BCUT2D eigenvalue weighted by Crippen LogP contribution is -2.06. The highest BCUT2D eigenvalue weighted by Crippen LogP contribution is 2.20. The summed E-state index contributed by atoms with van der Waals surface area (Å²) in [4.78, 5) is 0.213. The molecule has 0 heterocycles. The molecule has 0 unspecified atom stereocenters. The molecule has 100 valence electrons. The summed E-state index contributed by atoms with van der Waals surface area (Å²) in [6.45, 7) is 1.69. The van der Waals surface area contributed by atoms with Gasteiger partial charge in [0.2, 0.25) is 0 Å². The Hall–Kier alpha value is -1.88. The fourth-order valence-electron chi connectivity index (χ4n) is 1.78. The number of hydrogen-bond acceptors (Lipinski definition) is 3. The molecular weight excluding hydrogens is 265 g/mol. The van der Waals surface area contributed by atoms with E-state index >= 15 is 0 Å². The van der Waals surface area contributed by atoms with Crippen molar-refractivity contribution in [2.24, 2.45) is 0 Å². The number of rotatable bonds is 3. The first-order chi connectivity index (χ1) is 8.88. The second kappa shape index (κ2) is 5.01. The van der Waals surface area contributed by atoms with Crippen LogP contribution in [-0.4, -0.2) is 8.42 Å².